The van der Waals surface area contributed by atoms with Crippen LogP contribution in [0.4, 0.5) is 5.82 Å². The van der Waals surface area contributed by atoms with Gasteiger partial charge in [0.2, 0.25) is 0 Å². The van der Waals surface area contributed by atoms with Gasteiger partial charge in [-0.3, -0.25) is 4.90 Å². The summed E-state index contributed by atoms with van der Waals surface area (Å²) in [5.41, 5.74) is 2.46. The highest BCUT2D eigenvalue weighted by molar-refractivity contribution is 6.30. The summed E-state index contributed by atoms with van der Waals surface area (Å²) in [6.07, 6.45) is 7.55. The molecule has 1 aromatic carbocycles. The Morgan fingerprint density at radius 3 is 2.54 bits per heavy atom. The van der Waals surface area contributed by atoms with E-state index in [4.69, 9.17) is 11.6 Å². The summed E-state index contributed by atoms with van der Waals surface area (Å²) >= 11 is 6.08. The third-order valence-corrected chi connectivity index (χ3v) is 4.96. The van der Waals surface area contributed by atoms with Gasteiger partial charge in [-0.15, -0.1) is 0 Å². The first-order valence-corrected chi connectivity index (χ1v) is 9.26. The molecular formula is C20H22ClN5. The molecule has 0 atom stereocenters. The predicted octanol–water partition coefficient (Wildman–Crippen LogP) is 3.30. The second-order valence-corrected chi connectivity index (χ2v) is 7.09. The molecule has 134 valence electrons. The van der Waals surface area contributed by atoms with Crippen LogP contribution in [0.2, 0.25) is 5.02 Å². The Bertz CT molecular complexity index is 824. The molecule has 4 rings (SSSR count). The normalized spacial score (nSPS) is 15.3. The lowest BCUT2D eigenvalue weighted by molar-refractivity contribution is 0.249. The largest absolute Gasteiger partial charge is 0.354 e. The second-order valence-electron chi connectivity index (χ2n) is 6.65. The number of aromatic nitrogens is 3. The van der Waals surface area contributed by atoms with Gasteiger partial charge in [-0.05, 0) is 29.3 Å². The van der Waals surface area contributed by atoms with Crippen molar-refractivity contribution in [2.24, 2.45) is 0 Å². The fourth-order valence-corrected chi connectivity index (χ4v) is 3.53. The highest BCUT2D eigenvalue weighted by atomic mass is 35.5. The molecule has 1 fully saturated rings. The number of anilines is 1. The molecule has 6 heteroatoms. The van der Waals surface area contributed by atoms with E-state index in [2.05, 4.69) is 44.0 Å². The molecule has 0 amide bonds. The van der Waals surface area contributed by atoms with Gasteiger partial charge in [-0.2, -0.15) is 0 Å². The zero-order valence-electron chi connectivity index (χ0n) is 14.6. The molecule has 0 saturated carbocycles. The van der Waals surface area contributed by atoms with Crippen molar-refractivity contribution in [3.8, 4) is 0 Å². The highest BCUT2D eigenvalue weighted by Gasteiger charge is 2.18. The fraction of sp³-hybridized carbons (Fsp3) is 0.300. The van der Waals surface area contributed by atoms with Crippen LogP contribution in [0.1, 0.15) is 11.1 Å². The average Bonchev–Trinajstić information content (AvgIpc) is 3.16. The molecule has 1 saturated heterocycles. The standard InChI is InChI=1S/C20H22ClN5/c21-19-3-1-2-17(12-19)14-24-8-10-26(11-9-24)20-5-4-18(13-23-20)15-25-7-6-22-16-25/h1-7,12-13,16H,8-11,14-15H2. The molecule has 26 heavy (non-hydrogen) atoms. The molecule has 1 aliphatic heterocycles. The molecule has 0 radical (unpaired) electrons. The monoisotopic (exact) mass is 367 g/mol. The lowest BCUT2D eigenvalue weighted by Crippen LogP contribution is -2.46. The minimum Gasteiger partial charge on any atom is -0.354 e. The van der Waals surface area contributed by atoms with E-state index in [0.717, 1.165) is 50.1 Å². The molecule has 0 bridgehead atoms. The van der Waals surface area contributed by atoms with E-state index in [0.29, 0.717) is 0 Å². The van der Waals surface area contributed by atoms with Crippen LogP contribution in [0.15, 0.2) is 61.3 Å². The predicted molar refractivity (Wildman–Crippen MR) is 105 cm³/mol. The van der Waals surface area contributed by atoms with E-state index >= 15 is 0 Å². The maximum absolute atomic E-state index is 6.08. The summed E-state index contributed by atoms with van der Waals surface area (Å²) in [7, 11) is 0. The Hall–Kier alpha value is -2.37. The van der Waals surface area contributed by atoms with Crippen LogP contribution >= 0.6 is 11.6 Å². The van der Waals surface area contributed by atoms with Gasteiger partial charge in [0.15, 0.2) is 0 Å². The van der Waals surface area contributed by atoms with E-state index in [1.807, 2.05) is 35.4 Å². The van der Waals surface area contributed by atoms with Crippen molar-refractivity contribution in [2.45, 2.75) is 13.1 Å². The molecular weight excluding hydrogens is 346 g/mol. The molecule has 0 unspecified atom stereocenters. The Morgan fingerprint density at radius 2 is 1.85 bits per heavy atom. The summed E-state index contributed by atoms with van der Waals surface area (Å²) in [6, 6.07) is 12.4. The number of rotatable bonds is 5. The molecule has 2 aromatic heterocycles. The van der Waals surface area contributed by atoms with Gasteiger partial charge in [0.05, 0.1) is 6.33 Å². The van der Waals surface area contributed by atoms with Gasteiger partial charge in [0, 0.05) is 62.9 Å². The molecule has 0 aliphatic carbocycles. The van der Waals surface area contributed by atoms with Gasteiger partial charge in [-0.1, -0.05) is 29.8 Å². The first-order valence-electron chi connectivity index (χ1n) is 8.89. The van der Waals surface area contributed by atoms with Gasteiger partial charge in [0.25, 0.3) is 0 Å². The first-order chi connectivity index (χ1) is 12.8. The third-order valence-electron chi connectivity index (χ3n) is 4.72. The van der Waals surface area contributed by atoms with E-state index < -0.39 is 0 Å². The van der Waals surface area contributed by atoms with Gasteiger partial charge < -0.3 is 9.47 Å². The Morgan fingerprint density at radius 1 is 0.962 bits per heavy atom. The zero-order valence-corrected chi connectivity index (χ0v) is 15.4. The SMILES string of the molecule is Clc1cccc(CN2CCN(c3ccc(Cn4ccnc4)cn3)CC2)c1. The minimum atomic E-state index is 0.806. The summed E-state index contributed by atoms with van der Waals surface area (Å²) in [4.78, 5) is 13.6. The van der Waals surface area contributed by atoms with Crippen LogP contribution < -0.4 is 4.90 Å². The summed E-state index contributed by atoms with van der Waals surface area (Å²) in [5, 5.41) is 0.807. The lowest BCUT2D eigenvalue weighted by Gasteiger charge is -2.35. The summed E-state index contributed by atoms with van der Waals surface area (Å²) in [6.45, 7) is 5.81. The number of hydrogen-bond donors (Lipinski definition) is 0. The Balaban J connectivity index is 1.31. The number of imidazole rings is 1. The quantitative estimate of drug-likeness (QED) is 0.693. The molecule has 3 heterocycles. The number of benzene rings is 1. The number of halogens is 1. The van der Waals surface area contributed by atoms with Gasteiger partial charge in [0.1, 0.15) is 5.82 Å². The smallest absolute Gasteiger partial charge is 0.128 e. The summed E-state index contributed by atoms with van der Waals surface area (Å²) < 4.78 is 2.05. The maximum Gasteiger partial charge on any atom is 0.128 e. The van der Waals surface area contributed by atoms with Crippen molar-refractivity contribution in [2.75, 3.05) is 31.1 Å². The van der Waals surface area contributed by atoms with E-state index in [1.54, 1.807) is 6.20 Å². The molecule has 5 nitrogen and oxygen atoms in total. The van der Waals surface area contributed by atoms with Crippen molar-refractivity contribution in [1.82, 2.24) is 19.4 Å². The van der Waals surface area contributed by atoms with Crippen molar-refractivity contribution in [3.05, 3.63) is 77.5 Å². The van der Waals surface area contributed by atoms with Crippen LogP contribution in [0.3, 0.4) is 0 Å². The Labute approximate surface area is 158 Å². The molecule has 3 aromatic rings. The van der Waals surface area contributed by atoms with Crippen LogP contribution in [0.5, 0.6) is 0 Å². The minimum absolute atomic E-state index is 0.806. The number of hydrogen-bond acceptors (Lipinski definition) is 4. The summed E-state index contributed by atoms with van der Waals surface area (Å²) in [5.74, 6) is 1.06. The lowest BCUT2D eigenvalue weighted by atomic mass is 10.2. The highest BCUT2D eigenvalue weighted by Crippen LogP contribution is 2.17. The van der Waals surface area contributed by atoms with Crippen molar-refractivity contribution in [1.29, 1.82) is 0 Å². The van der Waals surface area contributed by atoms with Crippen LogP contribution in [-0.4, -0.2) is 45.6 Å². The molecule has 0 N–H and O–H groups in total. The maximum atomic E-state index is 6.08. The number of pyridine rings is 1. The van der Waals surface area contributed by atoms with Gasteiger partial charge >= 0.3 is 0 Å². The topological polar surface area (TPSA) is 37.2 Å². The number of nitrogens with zero attached hydrogens (tertiary/aromatic N) is 5. The zero-order chi connectivity index (χ0) is 17.8. The molecule has 0 spiro atoms. The third kappa shape index (κ3) is 4.23. The number of piperazine rings is 1. The van der Waals surface area contributed by atoms with Crippen molar-refractivity contribution in [3.63, 3.8) is 0 Å². The van der Waals surface area contributed by atoms with E-state index in [-0.39, 0.29) is 0 Å². The van der Waals surface area contributed by atoms with Crippen LogP contribution in [0.25, 0.3) is 0 Å². The van der Waals surface area contributed by atoms with Gasteiger partial charge in [-0.25, -0.2) is 9.97 Å². The Kier molecular flexibility index (Phi) is 5.18. The van der Waals surface area contributed by atoms with E-state index in [9.17, 15) is 0 Å². The van der Waals surface area contributed by atoms with E-state index in [1.165, 1.54) is 11.1 Å². The fourth-order valence-electron chi connectivity index (χ4n) is 3.32. The second kappa shape index (κ2) is 7.89. The van der Waals surface area contributed by atoms with Crippen molar-refractivity contribution >= 4 is 17.4 Å². The van der Waals surface area contributed by atoms with Crippen LogP contribution in [0, 0.1) is 0 Å². The van der Waals surface area contributed by atoms with Crippen molar-refractivity contribution < 1.29 is 0 Å². The van der Waals surface area contributed by atoms with Crippen LogP contribution in [-0.2, 0) is 13.1 Å². The first kappa shape index (κ1) is 17.1. The average molecular weight is 368 g/mol. The molecule has 1 aliphatic rings.